The Bertz CT molecular complexity index is 397. The molecular formula is C12H15NO3. The van der Waals surface area contributed by atoms with Gasteiger partial charge in [0.15, 0.2) is 0 Å². The summed E-state index contributed by atoms with van der Waals surface area (Å²) in [4.78, 5) is 11.5. The molecule has 1 fully saturated rings. The SMILES string of the molecule is Nc1cccc(C2(C(=O)O)CCCOC2)c1. The minimum Gasteiger partial charge on any atom is -0.481 e. The van der Waals surface area contributed by atoms with Crippen molar-refractivity contribution in [2.24, 2.45) is 0 Å². The number of carboxylic acids is 1. The Hall–Kier alpha value is -1.55. The van der Waals surface area contributed by atoms with Crippen molar-refractivity contribution in [3.63, 3.8) is 0 Å². The quantitative estimate of drug-likeness (QED) is 0.740. The van der Waals surface area contributed by atoms with Crippen molar-refractivity contribution < 1.29 is 14.6 Å². The minimum atomic E-state index is -0.923. The third kappa shape index (κ3) is 1.76. The molecule has 1 aromatic rings. The zero-order valence-electron chi connectivity index (χ0n) is 8.98. The molecule has 4 heteroatoms. The lowest BCUT2D eigenvalue weighted by Crippen LogP contribution is -2.43. The molecule has 3 N–H and O–H groups in total. The largest absolute Gasteiger partial charge is 0.481 e. The number of aliphatic carboxylic acids is 1. The number of nitrogen functional groups attached to an aromatic ring is 1. The van der Waals surface area contributed by atoms with E-state index in [1.807, 2.05) is 0 Å². The predicted octanol–water partition coefficient (Wildman–Crippen LogP) is 1.40. The van der Waals surface area contributed by atoms with Gasteiger partial charge >= 0.3 is 5.97 Å². The second-order valence-electron chi connectivity index (χ2n) is 4.17. The molecule has 1 unspecified atom stereocenters. The summed E-state index contributed by atoms with van der Waals surface area (Å²) in [6, 6.07) is 7.06. The van der Waals surface area contributed by atoms with Crippen molar-refractivity contribution in [2.45, 2.75) is 18.3 Å². The lowest BCUT2D eigenvalue weighted by atomic mass is 9.76. The summed E-state index contributed by atoms with van der Waals surface area (Å²) < 4.78 is 5.32. The van der Waals surface area contributed by atoms with E-state index < -0.39 is 11.4 Å². The third-order valence-electron chi connectivity index (χ3n) is 3.09. The molecule has 0 aromatic heterocycles. The summed E-state index contributed by atoms with van der Waals surface area (Å²) in [7, 11) is 0. The molecule has 1 atom stereocenters. The fraction of sp³-hybridized carbons (Fsp3) is 0.417. The average Bonchev–Trinajstić information content (AvgIpc) is 2.30. The number of carboxylic acid groups (broad SMARTS) is 1. The average molecular weight is 221 g/mol. The molecule has 1 aromatic carbocycles. The fourth-order valence-corrected chi connectivity index (χ4v) is 2.15. The number of anilines is 1. The maximum Gasteiger partial charge on any atom is 0.316 e. The van der Waals surface area contributed by atoms with E-state index in [9.17, 15) is 9.90 Å². The van der Waals surface area contributed by atoms with E-state index in [0.29, 0.717) is 18.7 Å². The molecule has 1 aliphatic rings. The molecule has 2 rings (SSSR count). The van der Waals surface area contributed by atoms with Crippen LogP contribution in [0.25, 0.3) is 0 Å². The highest BCUT2D eigenvalue weighted by molar-refractivity contribution is 5.82. The highest BCUT2D eigenvalue weighted by atomic mass is 16.5. The Morgan fingerprint density at radius 2 is 2.31 bits per heavy atom. The molecule has 1 saturated heterocycles. The number of rotatable bonds is 2. The Labute approximate surface area is 94.0 Å². The monoisotopic (exact) mass is 221 g/mol. The zero-order valence-corrected chi connectivity index (χ0v) is 8.98. The summed E-state index contributed by atoms with van der Waals surface area (Å²) in [5.41, 5.74) is 6.09. The maximum atomic E-state index is 11.5. The fourth-order valence-electron chi connectivity index (χ4n) is 2.15. The van der Waals surface area contributed by atoms with Crippen LogP contribution in [-0.4, -0.2) is 24.3 Å². The standard InChI is InChI=1S/C12H15NO3/c13-10-4-1-3-9(7-10)12(11(14)15)5-2-6-16-8-12/h1,3-4,7H,2,5-6,8,13H2,(H,14,15). The summed E-state index contributed by atoms with van der Waals surface area (Å²) in [5, 5.41) is 9.41. The van der Waals surface area contributed by atoms with Gasteiger partial charge in [-0.2, -0.15) is 0 Å². The van der Waals surface area contributed by atoms with Crippen molar-refractivity contribution in [2.75, 3.05) is 18.9 Å². The highest BCUT2D eigenvalue weighted by Gasteiger charge is 2.42. The molecule has 86 valence electrons. The van der Waals surface area contributed by atoms with E-state index in [-0.39, 0.29) is 6.61 Å². The topological polar surface area (TPSA) is 72.6 Å². The van der Waals surface area contributed by atoms with Gasteiger partial charge in [-0.1, -0.05) is 12.1 Å². The van der Waals surface area contributed by atoms with Crippen molar-refractivity contribution in [3.8, 4) is 0 Å². The highest BCUT2D eigenvalue weighted by Crippen LogP contribution is 2.34. The van der Waals surface area contributed by atoms with Crippen LogP contribution in [-0.2, 0) is 14.9 Å². The molecule has 0 radical (unpaired) electrons. The molecule has 0 saturated carbocycles. The van der Waals surface area contributed by atoms with Crippen LogP contribution in [0.5, 0.6) is 0 Å². The predicted molar refractivity (Wildman–Crippen MR) is 60.2 cm³/mol. The van der Waals surface area contributed by atoms with E-state index in [4.69, 9.17) is 10.5 Å². The first-order chi connectivity index (χ1) is 7.65. The number of benzene rings is 1. The van der Waals surface area contributed by atoms with Crippen molar-refractivity contribution in [1.29, 1.82) is 0 Å². The Kier molecular flexibility index (Phi) is 2.83. The van der Waals surface area contributed by atoms with E-state index in [1.165, 1.54) is 0 Å². The number of nitrogens with two attached hydrogens (primary N) is 1. The molecule has 1 aliphatic heterocycles. The molecule has 4 nitrogen and oxygen atoms in total. The van der Waals surface area contributed by atoms with Gasteiger partial charge in [0.1, 0.15) is 5.41 Å². The molecule has 0 spiro atoms. The van der Waals surface area contributed by atoms with Gasteiger partial charge in [0.2, 0.25) is 0 Å². The molecule has 16 heavy (non-hydrogen) atoms. The van der Waals surface area contributed by atoms with Crippen molar-refractivity contribution in [3.05, 3.63) is 29.8 Å². The minimum absolute atomic E-state index is 0.228. The Morgan fingerprint density at radius 3 is 2.88 bits per heavy atom. The van der Waals surface area contributed by atoms with Gasteiger partial charge in [-0.05, 0) is 30.5 Å². The van der Waals surface area contributed by atoms with Crippen LogP contribution in [0.3, 0.4) is 0 Å². The van der Waals surface area contributed by atoms with Crippen LogP contribution in [0.15, 0.2) is 24.3 Å². The maximum absolute atomic E-state index is 11.5. The summed E-state index contributed by atoms with van der Waals surface area (Å²) in [5.74, 6) is -0.835. The number of ether oxygens (including phenoxy) is 1. The lowest BCUT2D eigenvalue weighted by molar-refractivity contribution is -0.149. The Morgan fingerprint density at radius 1 is 1.50 bits per heavy atom. The van der Waals surface area contributed by atoms with Gasteiger partial charge in [-0.15, -0.1) is 0 Å². The van der Waals surface area contributed by atoms with Crippen molar-refractivity contribution >= 4 is 11.7 Å². The summed E-state index contributed by atoms with van der Waals surface area (Å²) >= 11 is 0. The van der Waals surface area contributed by atoms with Crippen LogP contribution in [0, 0.1) is 0 Å². The first-order valence-electron chi connectivity index (χ1n) is 5.32. The van der Waals surface area contributed by atoms with Crippen molar-refractivity contribution in [1.82, 2.24) is 0 Å². The molecule has 0 amide bonds. The molecule has 1 heterocycles. The first kappa shape index (κ1) is 11.0. The summed E-state index contributed by atoms with van der Waals surface area (Å²) in [6.07, 6.45) is 1.37. The summed E-state index contributed by atoms with van der Waals surface area (Å²) in [6.45, 7) is 0.864. The van der Waals surface area contributed by atoms with Crippen LogP contribution < -0.4 is 5.73 Å². The second-order valence-corrected chi connectivity index (χ2v) is 4.17. The van der Waals surface area contributed by atoms with Gasteiger partial charge in [0, 0.05) is 12.3 Å². The number of carbonyl (C=O) groups is 1. The lowest BCUT2D eigenvalue weighted by Gasteiger charge is -2.33. The van der Waals surface area contributed by atoms with Crippen LogP contribution in [0.2, 0.25) is 0 Å². The zero-order chi connectivity index (χ0) is 11.6. The van der Waals surface area contributed by atoms with Crippen LogP contribution in [0.4, 0.5) is 5.69 Å². The molecule has 0 aliphatic carbocycles. The second kappa shape index (κ2) is 4.14. The van der Waals surface area contributed by atoms with Gasteiger partial charge < -0.3 is 15.6 Å². The molecule has 0 bridgehead atoms. The van der Waals surface area contributed by atoms with Crippen LogP contribution >= 0.6 is 0 Å². The third-order valence-corrected chi connectivity index (χ3v) is 3.09. The van der Waals surface area contributed by atoms with E-state index in [2.05, 4.69) is 0 Å². The van der Waals surface area contributed by atoms with Gasteiger partial charge in [0.25, 0.3) is 0 Å². The van der Waals surface area contributed by atoms with Crippen LogP contribution in [0.1, 0.15) is 18.4 Å². The van der Waals surface area contributed by atoms with Gasteiger partial charge in [-0.3, -0.25) is 4.79 Å². The smallest absolute Gasteiger partial charge is 0.316 e. The normalized spacial score (nSPS) is 25.2. The van der Waals surface area contributed by atoms with E-state index >= 15 is 0 Å². The van der Waals surface area contributed by atoms with E-state index in [0.717, 1.165) is 12.0 Å². The number of hydrogen-bond donors (Lipinski definition) is 2. The first-order valence-corrected chi connectivity index (χ1v) is 5.32. The molecular weight excluding hydrogens is 206 g/mol. The van der Waals surface area contributed by atoms with Gasteiger partial charge in [0.05, 0.1) is 6.61 Å². The number of hydrogen-bond acceptors (Lipinski definition) is 3. The Balaban J connectivity index is 2.42. The van der Waals surface area contributed by atoms with E-state index in [1.54, 1.807) is 24.3 Å². The van der Waals surface area contributed by atoms with Gasteiger partial charge in [-0.25, -0.2) is 0 Å².